The molecule has 0 amide bonds. The number of nitro groups is 1. The van der Waals surface area contributed by atoms with Crippen molar-refractivity contribution in [1.29, 1.82) is 0 Å². The lowest BCUT2D eigenvalue weighted by Crippen LogP contribution is -2.04. The summed E-state index contributed by atoms with van der Waals surface area (Å²) in [6.45, 7) is 0. The minimum Gasteiger partial charge on any atom is -0.258 e. The quantitative estimate of drug-likeness (QED) is 0.537. The first-order valence-electron chi connectivity index (χ1n) is 6.04. The van der Waals surface area contributed by atoms with Gasteiger partial charge in [-0.3, -0.25) is 10.1 Å². The maximum absolute atomic E-state index is 12.5. The standard InChI is InChI=1S/C13H7F3N4O2/c14-13(15,16)9-5-3-8(4-6-9)11-17-12-10(20(21)22)2-1-7-19(12)18-11/h1-7H. The summed E-state index contributed by atoms with van der Waals surface area (Å²) in [6, 6.07) is 6.99. The van der Waals surface area contributed by atoms with Crippen molar-refractivity contribution < 1.29 is 18.1 Å². The largest absolute Gasteiger partial charge is 0.416 e. The van der Waals surface area contributed by atoms with Gasteiger partial charge in [-0.2, -0.15) is 13.2 Å². The number of hydrogen-bond acceptors (Lipinski definition) is 4. The van der Waals surface area contributed by atoms with Gasteiger partial charge >= 0.3 is 11.9 Å². The van der Waals surface area contributed by atoms with Crippen LogP contribution in [-0.4, -0.2) is 19.5 Å². The number of alkyl halides is 3. The van der Waals surface area contributed by atoms with Crippen molar-refractivity contribution in [3.8, 4) is 11.4 Å². The normalized spacial score (nSPS) is 11.8. The highest BCUT2D eigenvalue weighted by Crippen LogP contribution is 2.30. The summed E-state index contributed by atoms with van der Waals surface area (Å²) in [4.78, 5) is 14.3. The average molecular weight is 308 g/mol. The van der Waals surface area contributed by atoms with Crippen LogP contribution in [0.1, 0.15) is 5.56 Å². The molecule has 0 atom stereocenters. The van der Waals surface area contributed by atoms with Crippen LogP contribution in [0.4, 0.5) is 18.9 Å². The van der Waals surface area contributed by atoms with Crippen molar-refractivity contribution in [3.05, 3.63) is 58.3 Å². The molecule has 0 aliphatic heterocycles. The Labute approximate surface area is 121 Å². The van der Waals surface area contributed by atoms with E-state index in [1.165, 1.54) is 35.0 Å². The Morgan fingerprint density at radius 2 is 1.82 bits per heavy atom. The van der Waals surface area contributed by atoms with Crippen LogP contribution < -0.4 is 0 Å². The Morgan fingerprint density at radius 3 is 2.41 bits per heavy atom. The second-order valence-electron chi connectivity index (χ2n) is 4.43. The molecular weight excluding hydrogens is 301 g/mol. The van der Waals surface area contributed by atoms with Gasteiger partial charge in [-0.1, -0.05) is 12.1 Å². The molecule has 0 saturated carbocycles. The molecule has 3 rings (SSSR count). The molecule has 2 aromatic heterocycles. The van der Waals surface area contributed by atoms with E-state index in [2.05, 4.69) is 10.1 Å². The van der Waals surface area contributed by atoms with Crippen molar-refractivity contribution in [3.63, 3.8) is 0 Å². The van der Waals surface area contributed by atoms with Gasteiger partial charge in [-0.05, 0) is 18.2 Å². The highest BCUT2D eigenvalue weighted by atomic mass is 19.4. The van der Waals surface area contributed by atoms with Gasteiger partial charge in [0, 0.05) is 17.8 Å². The summed E-state index contributed by atoms with van der Waals surface area (Å²) in [5.74, 6) is 0.114. The molecule has 0 aliphatic rings. The molecule has 3 aromatic rings. The van der Waals surface area contributed by atoms with E-state index in [9.17, 15) is 23.3 Å². The number of hydrogen-bond donors (Lipinski definition) is 0. The fourth-order valence-electron chi connectivity index (χ4n) is 1.97. The minimum atomic E-state index is -4.43. The lowest BCUT2D eigenvalue weighted by molar-refractivity contribution is -0.383. The maximum Gasteiger partial charge on any atom is 0.416 e. The Hall–Kier alpha value is -2.97. The summed E-state index contributed by atoms with van der Waals surface area (Å²) in [7, 11) is 0. The van der Waals surface area contributed by atoms with Crippen molar-refractivity contribution in [2.45, 2.75) is 6.18 Å². The topological polar surface area (TPSA) is 73.3 Å². The minimum absolute atomic E-state index is 0.0300. The van der Waals surface area contributed by atoms with Crippen LogP contribution in [0.5, 0.6) is 0 Å². The Kier molecular flexibility index (Phi) is 3.05. The van der Waals surface area contributed by atoms with E-state index in [0.717, 1.165) is 12.1 Å². The Bertz CT molecular complexity index is 856. The van der Waals surface area contributed by atoms with Crippen LogP contribution in [0.3, 0.4) is 0 Å². The highest BCUT2D eigenvalue weighted by molar-refractivity contribution is 5.65. The smallest absolute Gasteiger partial charge is 0.258 e. The number of pyridine rings is 1. The van der Waals surface area contributed by atoms with Crippen molar-refractivity contribution in [2.75, 3.05) is 0 Å². The Morgan fingerprint density at radius 1 is 1.14 bits per heavy atom. The zero-order valence-corrected chi connectivity index (χ0v) is 10.8. The summed E-state index contributed by atoms with van der Waals surface area (Å²) in [5, 5.41) is 15.0. The van der Waals surface area contributed by atoms with Crippen molar-refractivity contribution in [1.82, 2.24) is 14.6 Å². The molecule has 0 bridgehead atoms. The zero-order chi connectivity index (χ0) is 15.9. The molecule has 22 heavy (non-hydrogen) atoms. The molecule has 0 spiro atoms. The number of rotatable bonds is 2. The molecule has 6 nitrogen and oxygen atoms in total. The third-order valence-corrected chi connectivity index (χ3v) is 3.01. The SMILES string of the molecule is O=[N+]([O-])c1cccn2nc(-c3ccc(C(F)(F)F)cc3)nc12. The van der Waals surface area contributed by atoms with Crippen LogP contribution in [-0.2, 0) is 6.18 Å². The van der Waals surface area contributed by atoms with Crippen molar-refractivity contribution in [2.24, 2.45) is 0 Å². The number of benzene rings is 1. The first-order chi connectivity index (χ1) is 10.4. The van der Waals surface area contributed by atoms with Crippen molar-refractivity contribution >= 4 is 11.3 Å². The lowest BCUT2D eigenvalue weighted by Gasteiger charge is -2.05. The molecular formula is C13H7F3N4O2. The fourth-order valence-corrected chi connectivity index (χ4v) is 1.97. The molecule has 0 radical (unpaired) electrons. The summed E-state index contributed by atoms with van der Waals surface area (Å²) in [5.41, 5.74) is -0.646. The average Bonchev–Trinajstić information content (AvgIpc) is 2.90. The van der Waals surface area contributed by atoms with Crippen LogP contribution in [0.15, 0.2) is 42.6 Å². The highest BCUT2D eigenvalue weighted by Gasteiger charge is 2.30. The second kappa shape index (κ2) is 4.79. The van der Waals surface area contributed by atoms with Gasteiger partial charge < -0.3 is 0 Å². The van der Waals surface area contributed by atoms with Crippen LogP contribution in [0.2, 0.25) is 0 Å². The first kappa shape index (κ1) is 14.0. The van der Waals surface area contributed by atoms with E-state index in [1.54, 1.807) is 0 Å². The number of nitrogens with zero attached hydrogens (tertiary/aromatic N) is 4. The van der Waals surface area contributed by atoms with E-state index in [4.69, 9.17) is 0 Å². The predicted octanol–water partition coefficient (Wildman–Crippen LogP) is 3.32. The van der Waals surface area contributed by atoms with Gasteiger partial charge in [0.25, 0.3) is 0 Å². The van der Waals surface area contributed by atoms with Crippen LogP contribution in [0, 0.1) is 10.1 Å². The van der Waals surface area contributed by atoms with E-state index >= 15 is 0 Å². The fraction of sp³-hybridized carbons (Fsp3) is 0.0769. The summed E-state index contributed by atoms with van der Waals surface area (Å²) in [6.07, 6.45) is -2.95. The number of halogens is 3. The molecule has 9 heteroatoms. The van der Waals surface area contributed by atoms with Gasteiger partial charge in [0.05, 0.1) is 10.5 Å². The molecule has 0 saturated heterocycles. The van der Waals surface area contributed by atoms with Gasteiger partial charge in [-0.25, -0.2) is 9.50 Å². The molecule has 0 fully saturated rings. The maximum atomic E-state index is 12.5. The van der Waals surface area contributed by atoms with Gasteiger partial charge in [0.2, 0.25) is 5.65 Å². The van der Waals surface area contributed by atoms with Gasteiger partial charge in [0.1, 0.15) is 0 Å². The molecule has 1 aromatic carbocycles. The van der Waals surface area contributed by atoms with E-state index in [1.807, 2.05) is 0 Å². The molecule has 0 aliphatic carbocycles. The monoisotopic (exact) mass is 308 g/mol. The van der Waals surface area contributed by atoms with Gasteiger partial charge in [-0.15, -0.1) is 5.10 Å². The number of fused-ring (bicyclic) bond motifs is 1. The zero-order valence-electron chi connectivity index (χ0n) is 10.8. The summed E-state index contributed by atoms with van der Waals surface area (Å²) >= 11 is 0. The Balaban J connectivity index is 2.07. The van der Waals surface area contributed by atoms with Crippen LogP contribution >= 0.6 is 0 Å². The molecule has 0 unspecified atom stereocenters. The second-order valence-corrected chi connectivity index (χ2v) is 4.43. The summed E-state index contributed by atoms with van der Waals surface area (Å²) < 4.78 is 38.8. The predicted molar refractivity (Wildman–Crippen MR) is 70.1 cm³/mol. The molecule has 0 N–H and O–H groups in total. The number of aromatic nitrogens is 3. The van der Waals surface area contributed by atoms with E-state index < -0.39 is 16.7 Å². The third-order valence-electron chi connectivity index (χ3n) is 3.01. The van der Waals surface area contributed by atoms with Crippen LogP contribution in [0.25, 0.3) is 17.0 Å². The first-order valence-corrected chi connectivity index (χ1v) is 6.04. The molecule has 112 valence electrons. The third kappa shape index (κ3) is 2.36. The van der Waals surface area contributed by atoms with E-state index in [0.29, 0.717) is 5.56 Å². The molecule has 2 heterocycles. The van der Waals surface area contributed by atoms with Gasteiger partial charge in [0.15, 0.2) is 5.82 Å². The van der Waals surface area contributed by atoms with E-state index in [-0.39, 0.29) is 17.2 Å². The lowest BCUT2D eigenvalue weighted by atomic mass is 10.1.